The number of nitrogens with one attached hydrogen (secondary N) is 1. The molecule has 80 valence electrons. The number of hydrogen-bond acceptors (Lipinski definition) is 4. The molecule has 1 aromatic carbocycles. The molecule has 0 radical (unpaired) electrons. The van der Waals surface area contributed by atoms with Crippen LogP contribution >= 0.6 is 0 Å². The monoisotopic (exact) mass is 206 g/mol. The van der Waals surface area contributed by atoms with E-state index in [0.717, 1.165) is 36.0 Å². The fourth-order valence-corrected chi connectivity index (χ4v) is 1.59. The smallest absolute Gasteiger partial charge is 0.144 e. The number of aromatic hydroxyl groups is 1. The van der Waals surface area contributed by atoms with Crippen LogP contribution in [-0.2, 0) is 6.42 Å². The van der Waals surface area contributed by atoms with E-state index in [1.807, 2.05) is 7.05 Å². The lowest BCUT2D eigenvalue weighted by atomic mass is 10.1. The largest absolute Gasteiger partial charge is 0.508 e. The van der Waals surface area contributed by atoms with Gasteiger partial charge in [-0.05, 0) is 38.2 Å². The van der Waals surface area contributed by atoms with Crippen molar-refractivity contribution >= 4 is 10.9 Å². The third-order valence-corrected chi connectivity index (χ3v) is 2.37. The molecule has 0 aliphatic heterocycles. The van der Waals surface area contributed by atoms with Crippen molar-refractivity contribution < 1.29 is 9.63 Å². The Morgan fingerprint density at radius 1 is 1.47 bits per heavy atom. The van der Waals surface area contributed by atoms with Gasteiger partial charge in [0.25, 0.3) is 0 Å². The number of aryl methyl sites for hydroxylation is 1. The summed E-state index contributed by atoms with van der Waals surface area (Å²) in [6.45, 7) is 0.945. The van der Waals surface area contributed by atoms with Crippen molar-refractivity contribution in [1.29, 1.82) is 0 Å². The maximum Gasteiger partial charge on any atom is 0.144 e. The van der Waals surface area contributed by atoms with Crippen molar-refractivity contribution in [3.8, 4) is 5.75 Å². The third-order valence-electron chi connectivity index (χ3n) is 2.37. The van der Waals surface area contributed by atoms with E-state index in [9.17, 15) is 5.11 Å². The van der Waals surface area contributed by atoms with E-state index in [-0.39, 0.29) is 5.75 Å². The molecular weight excluding hydrogens is 192 g/mol. The first-order chi connectivity index (χ1) is 7.31. The maximum absolute atomic E-state index is 9.36. The third kappa shape index (κ3) is 2.10. The summed E-state index contributed by atoms with van der Waals surface area (Å²) in [4.78, 5) is 0. The molecule has 4 nitrogen and oxygen atoms in total. The molecule has 2 rings (SSSR count). The molecule has 0 amide bonds. The summed E-state index contributed by atoms with van der Waals surface area (Å²) in [7, 11) is 1.92. The number of aromatic nitrogens is 1. The van der Waals surface area contributed by atoms with Crippen molar-refractivity contribution in [2.75, 3.05) is 13.6 Å². The molecule has 0 fully saturated rings. The van der Waals surface area contributed by atoms with Gasteiger partial charge in [0.05, 0.1) is 0 Å². The Morgan fingerprint density at radius 2 is 2.33 bits per heavy atom. The van der Waals surface area contributed by atoms with E-state index in [1.165, 1.54) is 0 Å². The molecule has 1 aromatic heterocycles. The minimum absolute atomic E-state index is 0.251. The Balaban J connectivity index is 2.23. The first kappa shape index (κ1) is 9.98. The number of benzene rings is 1. The van der Waals surface area contributed by atoms with Crippen LogP contribution < -0.4 is 5.32 Å². The van der Waals surface area contributed by atoms with E-state index in [1.54, 1.807) is 18.2 Å². The molecular formula is C11H14N2O2. The zero-order chi connectivity index (χ0) is 10.7. The SMILES string of the molecule is CNCCCc1onc2ccc(O)cc12. The molecule has 0 unspecified atom stereocenters. The molecule has 2 aromatic rings. The van der Waals surface area contributed by atoms with Gasteiger partial charge in [-0.2, -0.15) is 0 Å². The van der Waals surface area contributed by atoms with Crippen molar-refractivity contribution in [3.05, 3.63) is 24.0 Å². The van der Waals surface area contributed by atoms with Crippen LogP contribution in [0, 0.1) is 0 Å². The number of phenols is 1. The van der Waals surface area contributed by atoms with Gasteiger partial charge in [0.15, 0.2) is 0 Å². The van der Waals surface area contributed by atoms with Crippen LogP contribution in [0.3, 0.4) is 0 Å². The van der Waals surface area contributed by atoms with Gasteiger partial charge < -0.3 is 14.9 Å². The molecule has 2 N–H and O–H groups in total. The fourth-order valence-electron chi connectivity index (χ4n) is 1.59. The molecule has 0 saturated carbocycles. The molecule has 0 saturated heterocycles. The zero-order valence-corrected chi connectivity index (χ0v) is 8.66. The van der Waals surface area contributed by atoms with E-state index in [2.05, 4.69) is 10.5 Å². The summed E-state index contributed by atoms with van der Waals surface area (Å²) >= 11 is 0. The highest BCUT2D eigenvalue weighted by Gasteiger charge is 2.08. The number of nitrogens with zero attached hydrogens (tertiary/aromatic N) is 1. The molecule has 0 bridgehead atoms. The summed E-state index contributed by atoms with van der Waals surface area (Å²) < 4.78 is 5.23. The van der Waals surface area contributed by atoms with Gasteiger partial charge >= 0.3 is 0 Å². The van der Waals surface area contributed by atoms with Crippen LogP contribution in [-0.4, -0.2) is 23.9 Å². The van der Waals surface area contributed by atoms with Crippen molar-refractivity contribution in [3.63, 3.8) is 0 Å². The summed E-state index contributed by atoms with van der Waals surface area (Å²) in [6, 6.07) is 5.07. The number of fused-ring (bicyclic) bond motifs is 1. The molecule has 1 heterocycles. The lowest BCUT2D eigenvalue weighted by Gasteiger charge is -1.97. The van der Waals surface area contributed by atoms with Crippen molar-refractivity contribution in [1.82, 2.24) is 10.5 Å². The molecule has 15 heavy (non-hydrogen) atoms. The van der Waals surface area contributed by atoms with Crippen molar-refractivity contribution in [2.45, 2.75) is 12.8 Å². The second-order valence-corrected chi connectivity index (χ2v) is 3.51. The standard InChI is InChI=1S/C11H14N2O2/c1-12-6-2-3-11-9-7-8(14)4-5-10(9)13-15-11/h4-5,7,12,14H,2-3,6H2,1H3. The van der Waals surface area contributed by atoms with Gasteiger partial charge in [-0.1, -0.05) is 5.16 Å². The first-order valence-corrected chi connectivity index (χ1v) is 5.03. The minimum Gasteiger partial charge on any atom is -0.508 e. The molecule has 4 heteroatoms. The molecule has 0 spiro atoms. The predicted octanol–water partition coefficient (Wildman–Crippen LogP) is 1.69. The highest BCUT2D eigenvalue weighted by molar-refractivity contribution is 5.81. The van der Waals surface area contributed by atoms with E-state index < -0.39 is 0 Å². The molecule has 0 aliphatic carbocycles. The zero-order valence-electron chi connectivity index (χ0n) is 8.66. The second-order valence-electron chi connectivity index (χ2n) is 3.51. The predicted molar refractivity (Wildman–Crippen MR) is 57.9 cm³/mol. The molecule has 0 aliphatic rings. The lowest BCUT2D eigenvalue weighted by molar-refractivity contribution is 0.388. The Morgan fingerprint density at radius 3 is 3.13 bits per heavy atom. The maximum atomic E-state index is 9.36. The highest BCUT2D eigenvalue weighted by Crippen LogP contribution is 2.23. The first-order valence-electron chi connectivity index (χ1n) is 5.03. The summed E-state index contributed by atoms with van der Waals surface area (Å²) in [6.07, 6.45) is 1.83. The summed E-state index contributed by atoms with van der Waals surface area (Å²) in [5.41, 5.74) is 0.798. The number of rotatable bonds is 4. The summed E-state index contributed by atoms with van der Waals surface area (Å²) in [5, 5.41) is 17.3. The Hall–Kier alpha value is -1.55. The van der Waals surface area contributed by atoms with Crippen LogP contribution in [0.15, 0.2) is 22.7 Å². The highest BCUT2D eigenvalue weighted by atomic mass is 16.5. The molecule has 0 atom stereocenters. The number of hydrogen-bond donors (Lipinski definition) is 2. The van der Waals surface area contributed by atoms with Gasteiger partial charge in [0.2, 0.25) is 0 Å². The Labute approximate surface area is 87.9 Å². The fraction of sp³-hybridized carbons (Fsp3) is 0.364. The van der Waals surface area contributed by atoms with Crippen LogP contribution in [0.5, 0.6) is 5.75 Å². The van der Waals surface area contributed by atoms with Gasteiger partial charge in [0.1, 0.15) is 17.0 Å². The minimum atomic E-state index is 0.251. The average Bonchev–Trinajstić information content (AvgIpc) is 2.62. The summed E-state index contributed by atoms with van der Waals surface area (Å²) in [5.74, 6) is 1.09. The van der Waals surface area contributed by atoms with Gasteiger partial charge in [-0.3, -0.25) is 0 Å². The normalized spacial score (nSPS) is 11.0. The quantitative estimate of drug-likeness (QED) is 0.747. The lowest BCUT2D eigenvalue weighted by Crippen LogP contribution is -2.08. The topological polar surface area (TPSA) is 58.3 Å². The van der Waals surface area contributed by atoms with Gasteiger partial charge in [-0.15, -0.1) is 0 Å². The van der Waals surface area contributed by atoms with Crippen LogP contribution in [0.25, 0.3) is 10.9 Å². The van der Waals surface area contributed by atoms with Crippen LogP contribution in [0.2, 0.25) is 0 Å². The van der Waals surface area contributed by atoms with Crippen molar-refractivity contribution in [2.24, 2.45) is 0 Å². The average molecular weight is 206 g/mol. The van der Waals surface area contributed by atoms with E-state index >= 15 is 0 Å². The van der Waals surface area contributed by atoms with Gasteiger partial charge in [-0.25, -0.2) is 0 Å². The Kier molecular flexibility index (Phi) is 2.87. The Bertz CT molecular complexity index is 451. The van der Waals surface area contributed by atoms with Gasteiger partial charge in [0, 0.05) is 11.8 Å². The van der Waals surface area contributed by atoms with Crippen LogP contribution in [0.4, 0.5) is 0 Å². The van der Waals surface area contributed by atoms with E-state index in [0.29, 0.717) is 0 Å². The second kappa shape index (κ2) is 4.31. The van der Waals surface area contributed by atoms with E-state index in [4.69, 9.17) is 4.52 Å². The van der Waals surface area contributed by atoms with Crippen LogP contribution in [0.1, 0.15) is 12.2 Å². The number of phenolic OH excluding ortho intramolecular Hbond substituents is 1.